The first-order valence-corrected chi connectivity index (χ1v) is 6.40. The van der Waals surface area contributed by atoms with Gasteiger partial charge in [0.2, 0.25) is 0 Å². The second-order valence-electron chi connectivity index (χ2n) is 3.19. The molecule has 0 rings (SSSR count). The molecular formula is C15H25BBrO. The molecule has 0 fully saturated rings. The molecule has 18 heavy (non-hydrogen) atoms. The summed E-state index contributed by atoms with van der Waals surface area (Å²) in [4.78, 5) is 0. The Labute approximate surface area is 124 Å². The van der Waals surface area contributed by atoms with Crippen molar-refractivity contribution in [2.75, 3.05) is 5.33 Å². The molecule has 0 aromatic rings. The number of rotatable bonds is 4. The first-order valence-electron chi connectivity index (χ1n) is 5.28. The van der Waals surface area contributed by atoms with Crippen LogP contribution in [0.5, 0.6) is 0 Å². The Hall–Kier alpha value is -0.635. The van der Waals surface area contributed by atoms with Crippen molar-refractivity contribution in [2.45, 2.75) is 53.6 Å². The molecule has 0 aliphatic carbocycles. The summed E-state index contributed by atoms with van der Waals surface area (Å²) >= 11 is 3.25. The molecule has 0 heterocycles. The number of halogens is 1. The molecular weight excluding hydrogens is 287 g/mol. The van der Waals surface area contributed by atoms with E-state index in [1.54, 1.807) is 6.92 Å². The fourth-order valence-electron chi connectivity index (χ4n) is 0.753. The standard InChI is InChI=1S/C9H14O.C5H7Br.CH4.B/c1-4-5-6-7-9(10)8(2)3;1-2-3-4-5-6;;/h9-10H,2,6-7H2,1,3H3;4-5H2,1H3;1H4;. The molecule has 0 saturated carbocycles. The summed E-state index contributed by atoms with van der Waals surface area (Å²) in [6, 6.07) is 0. The maximum absolute atomic E-state index is 9.19. The lowest BCUT2D eigenvalue weighted by Crippen LogP contribution is -2.05. The Morgan fingerprint density at radius 2 is 1.67 bits per heavy atom. The number of hydrogen-bond donors (Lipinski definition) is 1. The second-order valence-corrected chi connectivity index (χ2v) is 3.99. The monoisotopic (exact) mass is 311 g/mol. The highest BCUT2D eigenvalue weighted by atomic mass is 79.9. The average Bonchev–Trinajstić information content (AvgIpc) is 2.27. The van der Waals surface area contributed by atoms with Crippen molar-refractivity contribution in [2.24, 2.45) is 0 Å². The van der Waals surface area contributed by atoms with E-state index in [4.69, 9.17) is 0 Å². The van der Waals surface area contributed by atoms with Crippen LogP contribution in [0.25, 0.3) is 0 Å². The van der Waals surface area contributed by atoms with Gasteiger partial charge in [0.05, 0.1) is 6.10 Å². The number of aliphatic hydroxyl groups is 1. The summed E-state index contributed by atoms with van der Waals surface area (Å²) in [5, 5.41) is 10.2. The molecule has 1 unspecified atom stereocenters. The molecule has 0 aliphatic rings. The molecule has 0 aliphatic heterocycles. The molecule has 3 radical (unpaired) electrons. The van der Waals surface area contributed by atoms with E-state index >= 15 is 0 Å². The topological polar surface area (TPSA) is 20.2 Å². The van der Waals surface area contributed by atoms with E-state index in [0.29, 0.717) is 6.42 Å². The molecule has 0 spiro atoms. The fraction of sp³-hybridized carbons (Fsp3) is 0.600. The van der Waals surface area contributed by atoms with Crippen molar-refractivity contribution in [1.29, 1.82) is 0 Å². The largest absolute Gasteiger partial charge is 0.389 e. The van der Waals surface area contributed by atoms with Gasteiger partial charge in [-0.15, -0.1) is 23.7 Å². The first-order chi connectivity index (χ1) is 7.59. The highest BCUT2D eigenvalue weighted by Gasteiger charge is 2.00. The van der Waals surface area contributed by atoms with Gasteiger partial charge in [0, 0.05) is 26.6 Å². The summed E-state index contributed by atoms with van der Waals surface area (Å²) in [5.74, 6) is 11.3. The highest BCUT2D eigenvalue weighted by Crippen LogP contribution is 2.04. The zero-order valence-corrected chi connectivity index (χ0v) is 12.6. The van der Waals surface area contributed by atoms with Crippen molar-refractivity contribution in [3.63, 3.8) is 0 Å². The van der Waals surface area contributed by atoms with Gasteiger partial charge < -0.3 is 5.11 Å². The van der Waals surface area contributed by atoms with Gasteiger partial charge in [0.1, 0.15) is 0 Å². The Morgan fingerprint density at radius 1 is 1.22 bits per heavy atom. The van der Waals surface area contributed by atoms with Gasteiger partial charge in [-0.25, -0.2) is 0 Å². The summed E-state index contributed by atoms with van der Waals surface area (Å²) < 4.78 is 0. The fourth-order valence-corrected chi connectivity index (χ4v) is 0.951. The van der Waals surface area contributed by atoms with Gasteiger partial charge in [-0.05, 0) is 27.2 Å². The molecule has 0 aromatic carbocycles. The van der Waals surface area contributed by atoms with Crippen LogP contribution in [0, 0.1) is 23.7 Å². The van der Waals surface area contributed by atoms with E-state index in [-0.39, 0.29) is 21.9 Å². The highest BCUT2D eigenvalue weighted by molar-refractivity contribution is 9.09. The van der Waals surface area contributed by atoms with E-state index in [1.165, 1.54) is 0 Å². The van der Waals surface area contributed by atoms with Crippen LogP contribution < -0.4 is 0 Å². The summed E-state index contributed by atoms with van der Waals surface area (Å²) in [5.41, 5.74) is 0.818. The number of hydrogen-bond acceptors (Lipinski definition) is 1. The smallest absolute Gasteiger partial charge is 0.0753 e. The second kappa shape index (κ2) is 21.6. The molecule has 1 N–H and O–H groups in total. The van der Waals surface area contributed by atoms with Crippen molar-refractivity contribution in [3.05, 3.63) is 12.2 Å². The predicted octanol–water partition coefficient (Wildman–Crippen LogP) is 3.78. The first kappa shape index (κ1) is 26.0. The van der Waals surface area contributed by atoms with Crippen molar-refractivity contribution < 1.29 is 5.11 Å². The zero-order chi connectivity index (χ0) is 12.8. The number of alkyl halides is 1. The van der Waals surface area contributed by atoms with Crippen LogP contribution in [-0.4, -0.2) is 25.0 Å². The lowest BCUT2D eigenvalue weighted by molar-refractivity contribution is 0.203. The molecule has 0 amide bonds. The third kappa shape index (κ3) is 24.5. The minimum atomic E-state index is -0.374. The Balaban J connectivity index is -0.000000108. The molecule has 1 nitrogen and oxygen atoms in total. The van der Waals surface area contributed by atoms with Crippen LogP contribution in [0.1, 0.15) is 47.5 Å². The van der Waals surface area contributed by atoms with Crippen LogP contribution >= 0.6 is 15.9 Å². The quantitative estimate of drug-likeness (QED) is 0.362. The van der Waals surface area contributed by atoms with Crippen LogP contribution in [0.4, 0.5) is 0 Å². The normalized spacial score (nSPS) is 8.50. The average molecular weight is 312 g/mol. The van der Waals surface area contributed by atoms with Crippen molar-refractivity contribution >= 4 is 24.3 Å². The van der Waals surface area contributed by atoms with Crippen LogP contribution in [-0.2, 0) is 0 Å². The van der Waals surface area contributed by atoms with Crippen molar-refractivity contribution in [1.82, 2.24) is 0 Å². The molecule has 0 aromatic heterocycles. The zero-order valence-electron chi connectivity index (χ0n) is 11.0. The summed E-state index contributed by atoms with van der Waals surface area (Å²) in [7, 11) is 0. The van der Waals surface area contributed by atoms with Crippen molar-refractivity contribution in [3.8, 4) is 23.7 Å². The lowest BCUT2D eigenvalue weighted by Gasteiger charge is -2.05. The van der Waals surface area contributed by atoms with Gasteiger partial charge in [-0.3, -0.25) is 0 Å². The number of aliphatic hydroxyl groups excluding tert-OH is 1. The maximum Gasteiger partial charge on any atom is 0.0753 e. The SMILES string of the molecule is C.C=C(C)C(O)CCC#CC.CC#CCCBr.[B]. The third-order valence-corrected chi connectivity index (χ3v) is 2.08. The molecule has 0 saturated heterocycles. The summed E-state index contributed by atoms with van der Waals surface area (Å²) in [6.07, 6.45) is 2.05. The van der Waals surface area contributed by atoms with E-state index in [1.807, 2.05) is 13.8 Å². The molecule has 3 heteroatoms. The van der Waals surface area contributed by atoms with Gasteiger partial charge in [-0.2, -0.15) is 0 Å². The minimum Gasteiger partial charge on any atom is -0.389 e. The molecule has 0 bridgehead atoms. The van der Waals surface area contributed by atoms with E-state index in [0.717, 1.165) is 23.7 Å². The van der Waals surface area contributed by atoms with Gasteiger partial charge in [-0.1, -0.05) is 35.5 Å². The van der Waals surface area contributed by atoms with Gasteiger partial charge >= 0.3 is 0 Å². The van der Waals surface area contributed by atoms with E-state index in [9.17, 15) is 5.11 Å². The Kier molecular flexibility index (Phi) is 31.3. The lowest BCUT2D eigenvalue weighted by atomic mass is 10.1. The van der Waals surface area contributed by atoms with Gasteiger partial charge in [0.25, 0.3) is 0 Å². The minimum absolute atomic E-state index is 0. The van der Waals surface area contributed by atoms with Gasteiger partial charge in [0.15, 0.2) is 0 Å². The van der Waals surface area contributed by atoms with Crippen LogP contribution in [0.3, 0.4) is 0 Å². The summed E-state index contributed by atoms with van der Waals surface area (Å²) in [6.45, 7) is 9.11. The third-order valence-electron chi connectivity index (χ3n) is 1.68. The van der Waals surface area contributed by atoms with Crippen LogP contribution in [0.2, 0.25) is 0 Å². The molecule has 101 valence electrons. The Morgan fingerprint density at radius 3 is 1.94 bits per heavy atom. The predicted molar refractivity (Wildman–Crippen MR) is 87.9 cm³/mol. The molecule has 1 atom stereocenters. The van der Waals surface area contributed by atoms with E-state index < -0.39 is 0 Å². The van der Waals surface area contributed by atoms with E-state index in [2.05, 4.69) is 46.2 Å². The maximum atomic E-state index is 9.19. The Bertz CT molecular complexity index is 291. The van der Waals surface area contributed by atoms with Crippen LogP contribution in [0.15, 0.2) is 12.2 Å².